The van der Waals surface area contributed by atoms with Crippen molar-refractivity contribution in [3.8, 4) is 5.75 Å². The fraction of sp³-hybridized carbons (Fsp3) is 0.308. The molecule has 0 saturated carbocycles. The number of anilines is 1. The second-order valence-corrected chi connectivity index (χ2v) is 4.51. The molecular weight excluding hydrogens is 228 g/mol. The second kappa shape index (κ2) is 5.10. The van der Waals surface area contributed by atoms with Crippen molar-refractivity contribution in [3.05, 3.63) is 42.0 Å². The van der Waals surface area contributed by atoms with Gasteiger partial charge in [0.15, 0.2) is 0 Å². The molecule has 0 bridgehead atoms. The predicted octanol–water partition coefficient (Wildman–Crippen LogP) is 1.34. The zero-order chi connectivity index (χ0) is 13.1. The third kappa shape index (κ3) is 2.81. The molecule has 1 aromatic carbocycles. The summed E-state index contributed by atoms with van der Waals surface area (Å²) in [6, 6.07) is 5.11. The average molecular weight is 246 g/mol. The van der Waals surface area contributed by atoms with Crippen molar-refractivity contribution in [1.82, 2.24) is 14.5 Å². The van der Waals surface area contributed by atoms with E-state index >= 15 is 0 Å². The summed E-state index contributed by atoms with van der Waals surface area (Å²) in [4.78, 5) is 6.35. The first-order valence-electron chi connectivity index (χ1n) is 5.78. The smallest absolute Gasteiger partial charge is 0.122 e. The van der Waals surface area contributed by atoms with Gasteiger partial charge in [0.25, 0.3) is 0 Å². The van der Waals surface area contributed by atoms with Crippen LogP contribution in [-0.4, -0.2) is 26.6 Å². The molecule has 0 amide bonds. The van der Waals surface area contributed by atoms with Gasteiger partial charge in [-0.1, -0.05) is 0 Å². The van der Waals surface area contributed by atoms with Gasteiger partial charge in [0.05, 0.1) is 6.54 Å². The first-order chi connectivity index (χ1) is 8.56. The van der Waals surface area contributed by atoms with E-state index in [4.69, 9.17) is 5.73 Å². The number of nitrogen functional groups attached to an aromatic ring is 1. The molecule has 1 aromatic heterocycles. The standard InChI is InChI=1S/C13H18N4O/c1-16(9-13-15-5-6-17(13)2)8-10-7-11(14)3-4-12(10)18/h3-7,18H,8-9,14H2,1-2H3. The van der Waals surface area contributed by atoms with Crippen molar-refractivity contribution in [1.29, 1.82) is 0 Å². The Hall–Kier alpha value is -2.01. The van der Waals surface area contributed by atoms with Crippen LogP contribution in [0.4, 0.5) is 5.69 Å². The van der Waals surface area contributed by atoms with Crippen LogP contribution in [0.2, 0.25) is 0 Å². The molecule has 5 nitrogen and oxygen atoms in total. The number of imidazole rings is 1. The average Bonchev–Trinajstić information content (AvgIpc) is 2.70. The molecular formula is C13H18N4O. The highest BCUT2D eigenvalue weighted by Gasteiger charge is 2.08. The van der Waals surface area contributed by atoms with Crippen molar-refractivity contribution in [2.24, 2.45) is 7.05 Å². The molecule has 0 aliphatic heterocycles. The van der Waals surface area contributed by atoms with Gasteiger partial charge in [-0.2, -0.15) is 0 Å². The molecule has 1 heterocycles. The van der Waals surface area contributed by atoms with Gasteiger partial charge in [-0.3, -0.25) is 4.90 Å². The number of aromatic hydroxyl groups is 1. The Labute approximate surface area is 106 Å². The first-order valence-corrected chi connectivity index (χ1v) is 5.78. The lowest BCUT2D eigenvalue weighted by Gasteiger charge is -2.17. The largest absolute Gasteiger partial charge is 0.508 e. The van der Waals surface area contributed by atoms with Crippen LogP contribution in [0, 0.1) is 0 Å². The van der Waals surface area contributed by atoms with Crippen LogP contribution in [0.25, 0.3) is 0 Å². The van der Waals surface area contributed by atoms with Gasteiger partial charge in [0.2, 0.25) is 0 Å². The van der Waals surface area contributed by atoms with E-state index in [0.717, 1.165) is 17.9 Å². The van der Waals surface area contributed by atoms with E-state index in [1.165, 1.54) is 0 Å². The maximum Gasteiger partial charge on any atom is 0.122 e. The van der Waals surface area contributed by atoms with Crippen LogP contribution in [0.3, 0.4) is 0 Å². The number of rotatable bonds is 4. The number of aryl methyl sites for hydroxylation is 1. The maximum absolute atomic E-state index is 9.76. The Balaban J connectivity index is 2.05. The zero-order valence-corrected chi connectivity index (χ0v) is 10.7. The van der Waals surface area contributed by atoms with Crippen molar-refractivity contribution in [2.45, 2.75) is 13.1 Å². The molecule has 0 radical (unpaired) electrons. The highest BCUT2D eigenvalue weighted by Crippen LogP contribution is 2.21. The fourth-order valence-electron chi connectivity index (χ4n) is 1.87. The van der Waals surface area contributed by atoms with E-state index in [9.17, 15) is 5.11 Å². The van der Waals surface area contributed by atoms with Gasteiger partial charge in [-0.15, -0.1) is 0 Å². The highest BCUT2D eigenvalue weighted by atomic mass is 16.3. The summed E-state index contributed by atoms with van der Waals surface area (Å²) in [5, 5.41) is 9.76. The van der Waals surface area contributed by atoms with Gasteiger partial charge >= 0.3 is 0 Å². The molecule has 2 rings (SSSR count). The monoisotopic (exact) mass is 246 g/mol. The Morgan fingerprint density at radius 1 is 1.39 bits per heavy atom. The third-order valence-electron chi connectivity index (χ3n) is 2.88. The minimum Gasteiger partial charge on any atom is -0.508 e. The Kier molecular flexibility index (Phi) is 3.53. The summed E-state index contributed by atoms with van der Waals surface area (Å²) in [6.07, 6.45) is 3.70. The number of nitrogens with zero attached hydrogens (tertiary/aromatic N) is 3. The van der Waals surface area contributed by atoms with E-state index < -0.39 is 0 Å². The maximum atomic E-state index is 9.76. The van der Waals surface area contributed by atoms with Gasteiger partial charge in [-0.25, -0.2) is 4.98 Å². The summed E-state index contributed by atoms with van der Waals surface area (Å²) >= 11 is 0. The van der Waals surface area contributed by atoms with Gasteiger partial charge in [0, 0.05) is 37.2 Å². The number of benzene rings is 1. The van der Waals surface area contributed by atoms with Crippen LogP contribution in [0.1, 0.15) is 11.4 Å². The van der Waals surface area contributed by atoms with E-state index in [0.29, 0.717) is 12.2 Å². The minimum absolute atomic E-state index is 0.274. The van der Waals surface area contributed by atoms with Gasteiger partial charge in [0.1, 0.15) is 11.6 Å². The van der Waals surface area contributed by atoms with Crippen LogP contribution in [0.5, 0.6) is 5.75 Å². The number of aromatic nitrogens is 2. The third-order valence-corrected chi connectivity index (χ3v) is 2.88. The molecule has 0 spiro atoms. The fourth-order valence-corrected chi connectivity index (χ4v) is 1.87. The summed E-state index contributed by atoms with van der Waals surface area (Å²) in [7, 11) is 3.95. The van der Waals surface area contributed by atoms with E-state index in [-0.39, 0.29) is 5.75 Å². The summed E-state index contributed by atoms with van der Waals surface area (Å²) in [6.45, 7) is 1.35. The van der Waals surface area contributed by atoms with E-state index in [2.05, 4.69) is 9.88 Å². The molecule has 0 aliphatic rings. The molecule has 18 heavy (non-hydrogen) atoms. The van der Waals surface area contributed by atoms with Crippen LogP contribution < -0.4 is 5.73 Å². The molecule has 96 valence electrons. The normalized spacial score (nSPS) is 11.1. The second-order valence-electron chi connectivity index (χ2n) is 4.51. The molecule has 2 aromatic rings. The molecule has 0 atom stereocenters. The van der Waals surface area contributed by atoms with E-state index in [1.807, 2.05) is 24.9 Å². The first kappa shape index (κ1) is 12.4. The summed E-state index contributed by atoms with van der Waals surface area (Å²) in [5.74, 6) is 1.26. The number of hydrogen-bond acceptors (Lipinski definition) is 4. The quantitative estimate of drug-likeness (QED) is 0.631. The zero-order valence-electron chi connectivity index (χ0n) is 10.7. The molecule has 0 aliphatic carbocycles. The molecule has 3 N–H and O–H groups in total. The SMILES string of the molecule is CN(Cc1cc(N)ccc1O)Cc1nccn1C. The van der Waals surface area contributed by atoms with E-state index in [1.54, 1.807) is 24.4 Å². The number of phenolic OH excluding ortho intramolecular Hbond substituents is 1. The predicted molar refractivity (Wildman–Crippen MR) is 70.9 cm³/mol. The Morgan fingerprint density at radius 3 is 2.83 bits per heavy atom. The number of phenols is 1. The molecule has 0 fully saturated rings. The highest BCUT2D eigenvalue weighted by molar-refractivity contribution is 5.47. The van der Waals surface area contributed by atoms with Gasteiger partial charge < -0.3 is 15.4 Å². The topological polar surface area (TPSA) is 67.3 Å². The van der Waals surface area contributed by atoms with Crippen molar-refractivity contribution < 1.29 is 5.11 Å². The Bertz CT molecular complexity index is 536. The minimum atomic E-state index is 0.274. The number of hydrogen-bond donors (Lipinski definition) is 2. The van der Waals surface area contributed by atoms with Crippen molar-refractivity contribution >= 4 is 5.69 Å². The lowest BCUT2D eigenvalue weighted by Crippen LogP contribution is -2.19. The van der Waals surface area contributed by atoms with Crippen LogP contribution in [-0.2, 0) is 20.1 Å². The lowest BCUT2D eigenvalue weighted by atomic mass is 10.1. The molecule has 0 unspecified atom stereocenters. The molecule has 5 heteroatoms. The van der Waals surface area contributed by atoms with Crippen molar-refractivity contribution in [3.63, 3.8) is 0 Å². The Morgan fingerprint density at radius 2 is 2.17 bits per heavy atom. The number of nitrogens with two attached hydrogens (primary N) is 1. The van der Waals surface area contributed by atoms with Crippen molar-refractivity contribution in [2.75, 3.05) is 12.8 Å². The summed E-state index contributed by atoms with van der Waals surface area (Å²) in [5.41, 5.74) is 7.20. The molecule has 0 saturated heterocycles. The lowest BCUT2D eigenvalue weighted by molar-refractivity contribution is 0.301. The van der Waals surface area contributed by atoms with Crippen LogP contribution in [0.15, 0.2) is 30.6 Å². The van der Waals surface area contributed by atoms with Gasteiger partial charge in [-0.05, 0) is 25.2 Å². The summed E-state index contributed by atoms with van der Waals surface area (Å²) < 4.78 is 1.98. The van der Waals surface area contributed by atoms with Crippen LogP contribution >= 0.6 is 0 Å².